The van der Waals surface area contributed by atoms with E-state index in [-0.39, 0.29) is 15.1 Å². The van der Waals surface area contributed by atoms with Crippen LogP contribution < -0.4 is 5.32 Å². The van der Waals surface area contributed by atoms with Crippen LogP contribution in [0.4, 0.5) is 19.0 Å². The van der Waals surface area contributed by atoms with Crippen LogP contribution in [0, 0.1) is 13.8 Å². The number of carbonyl (C=O) groups excluding carboxylic acids is 1. The Morgan fingerprint density at radius 1 is 1.17 bits per heavy atom. The van der Waals surface area contributed by atoms with E-state index >= 15 is 0 Å². The molecule has 156 valence electrons. The lowest BCUT2D eigenvalue weighted by molar-refractivity contribution is -0.140. The summed E-state index contributed by atoms with van der Waals surface area (Å²) in [4.78, 5) is 13.1. The molecule has 1 N–H and O–H groups in total. The molecule has 0 atom stereocenters. The van der Waals surface area contributed by atoms with Crippen molar-refractivity contribution in [3.63, 3.8) is 0 Å². The molecule has 4 rings (SSSR count). The van der Waals surface area contributed by atoms with E-state index < -0.39 is 17.8 Å². The van der Waals surface area contributed by atoms with Crippen LogP contribution in [0.3, 0.4) is 0 Å². The minimum absolute atomic E-state index is 0.0820. The van der Waals surface area contributed by atoms with E-state index in [1.165, 1.54) is 13.1 Å². The first-order valence-corrected chi connectivity index (χ1v) is 9.89. The quantitative estimate of drug-likeness (QED) is 0.504. The third-order valence-electron chi connectivity index (χ3n) is 4.81. The van der Waals surface area contributed by atoms with E-state index in [1.807, 2.05) is 38.1 Å². The lowest BCUT2D eigenvalue weighted by atomic mass is 10.1. The van der Waals surface area contributed by atoms with Gasteiger partial charge in [-0.15, -0.1) is 11.3 Å². The van der Waals surface area contributed by atoms with Crippen LogP contribution in [-0.2, 0) is 19.8 Å². The van der Waals surface area contributed by atoms with Crippen molar-refractivity contribution < 1.29 is 18.0 Å². The summed E-state index contributed by atoms with van der Waals surface area (Å²) in [6, 6.07) is 10.9. The average Bonchev–Trinajstić information content (AvgIpc) is 3.32. The molecule has 0 unspecified atom stereocenters. The number of amides is 1. The van der Waals surface area contributed by atoms with Gasteiger partial charge in [-0.2, -0.15) is 23.4 Å². The van der Waals surface area contributed by atoms with Crippen LogP contribution in [0.1, 0.15) is 32.2 Å². The molecule has 10 heteroatoms. The minimum atomic E-state index is -4.58. The van der Waals surface area contributed by atoms with Gasteiger partial charge in [0.2, 0.25) is 0 Å². The highest BCUT2D eigenvalue weighted by Gasteiger charge is 2.37. The van der Waals surface area contributed by atoms with E-state index in [9.17, 15) is 18.0 Å². The third kappa shape index (κ3) is 3.70. The van der Waals surface area contributed by atoms with Crippen LogP contribution in [0.25, 0.3) is 10.2 Å². The summed E-state index contributed by atoms with van der Waals surface area (Å²) in [7, 11) is 1.42. The summed E-state index contributed by atoms with van der Waals surface area (Å²) in [5.74, 6) is -0.164. The molecule has 0 bridgehead atoms. The molecule has 3 heterocycles. The highest BCUT2D eigenvalue weighted by Crippen LogP contribution is 2.37. The largest absolute Gasteiger partial charge is 0.435 e. The number of thiophene rings is 1. The molecular weight excluding hydrogens is 415 g/mol. The number of aryl methyl sites for hydroxylation is 3. The predicted octanol–water partition coefficient (Wildman–Crippen LogP) is 4.77. The van der Waals surface area contributed by atoms with Gasteiger partial charge in [-0.25, -0.2) is 0 Å². The number of rotatable bonds is 4. The molecule has 0 aliphatic rings. The Kier molecular flexibility index (Phi) is 4.89. The van der Waals surface area contributed by atoms with Crippen molar-refractivity contribution in [3.05, 3.63) is 63.8 Å². The second kappa shape index (κ2) is 7.28. The fraction of sp³-hybridized carbons (Fsp3) is 0.250. The van der Waals surface area contributed by atoms with Crippen molar-refractivity contribution in [2.45, 2.75) is 26.6 Å². The first kappa shape index (κ1) is 20.1. The fourth-order valence-corrected chi connectivity index (χ4v) is 4.19. The third-order valence-corrected chi connectivity index (χ3v) is 6.01. The number of aromatic nitrogens is 4. The van der Waals surface area contributed by atoms with Gasteiger partial charge >= 0.3 is 6.18 Å². The normalized spacial score (nSPS) is 11.9. The molecular formula is C20H18F3N5OS. The van der Waals surface area contributed by atoms with Gasteiger partial charge in [-0.3, -0.25) is 14.2 Å². The summed E-state index contributed by atoms with van der Waals surface area (Å²) in [5.41, 5.74) is 2.11. The molecule has 0 saturated heterocycles. The number of fused-ring (bicyclic) bond motifs is 1. The van der Waals surface area contributed by atoms with Gasteiger partial charge in [0.05, 0.1) is 11.4 Å². The highest BCUT2D eigenvalue weighted by molar-refractivity contribution is 7.20. The second-order valence-electron chi connectivity index (χ2n) is 7.01. The average molecular weight is 433 g/mol. The Bertz CT molecular complexity index is 1250. The Hall–Kier alpha value is -3.14. The summed E-state index contributed by atoms with van der Waals surface area (Å²) in [6.45, 7) is 4.45. The van der Waals surface area contributed by atoms with Gasteiger partial charge in [0.15, 0.2) is 11.5 Å². The Labute approximate surface area is 173 Å². The molecule has 0 aliphatic heterocycles. The summed E-state index contributed by atoms with van der Waals surface area (Å²) in [5, 5.41) is 10.5. The summed E-state index contributed by atoms with van der Waals surface area (Å²) in [6.07, 6.45) is -4.58. The SMILES string of the molecule is Cc1ccccc1Cn1nc(NC(=O)c2cc3c(C(F)(F)F)nn(C)c3s2)cc1C. The van der Waals surface area contributed by atoms with E-state index in [4.69, 9.17) is 0 Å². The molecule has 1 amide bonds. The van der Waals surface area contributed by atoms with Crippen molar-refractivity contribution in [1.29, 1.82) is 0 Å². The molecule has 0 aliphatic carbocycles. The van der Waals surface area contributed by atoms with Crippen LogP contribution in [0.15, 0.2) is 36.4 Å². The smallest absolute Gasteiger partial charge is 0.304 e. The van der Waals surface area contributed by atoms with Gasteiger partial charge in [0.1, 0.15) is 4.83 Å². The number of nitrogens with zero attached hydrogens (tertiary/aromatic N) is 4. The van der Waals surface area contributed by atoms with Gasteiger partial charge in [-0.05, 0) is 31.0 Å². The minimum Gasteiger partial charge on any atom is -0.304 e. The maximum absolute atomic E-state index is 13.2. The van der Waals surface area contributed by atoms with E-state index in [0.29, 0.717) is 12.4 Å². The predicted molar refractivity (Wildman–Crippen MR) is 109 cm³/mol. The number of hydrogen-bond donors (Lipinski definition) is 1. The topological polar surface area (TPSA) is 64.7 Å². The van der Waals surface area contributed by atoms with Crippen LogP contribution >= 0.6 is 11.3 Å². The molecule has 6 nitrogen and oxygen atoms in total. The number of halogens is 3. The molecule has 0 spiro atoms. The van der Waals surface area contributed by atoms with Crippen LogP contribution in [0.2, 0.25) is 0 Å². The first-order valence-electron chi connectivity index (χ1n) is 9.07. The van der Waals surface area contributed by atoms with Gasteiger partial charge in [0.25, 0.3) is 5.91 Å². The number of benzene rings is 1. The lowest BCUT2D eigenvalue weighted by Crippen LogP contribution is -2.12. The molecule has 0 saturated carbocycles. The van der Waals surface area contributed by atoms with Crippen molar-refractivity contribution in [2.75, 3.05) is 5.32 Å². The number of nitrogens with one attached hydrogen (secondary N) is 1. The summed E-state index contributed by atoms with van der Waals surface area (Å²) >= 11 is 0.958. The number of alkyl halides is 3. The van der Waals surface area contributed by atoms with E-state index in [1.54, 1.807) is 10.7 Å². The number of hydrogen-bond acceptors (Lipinski definition) is 4. The van der Waals surface area contributed by atoms with Gasteiger partial charge < -0.3 is 5.32 Å². The van der Waals surface area contributed by atoms with Crippen LogP contribution in [0.5, 0.6) is 0 Å². The molecule has 0 fully saturated rings. The maximum atomic E-state index is 13.2. The highest BCUT2D eigenvalue weighted by atomic mass is 32.1. The standard InChI is InChI=1S/C20H18F3N5OS/c1-11-6-4-5-7-13(11)10-28-12(2)8-16(25-28)24-18(29)15-9-14-17(20(21,22)23)26-27(3)19(14)30-15/h4-9H,10H2,1-3H3,(H,24,25,29). The fourth-order valence-electron chi connectivity index (χ4n) is 3.22. The lowest BCUT2D eigenvalue weighted by Gasteiger charge is -2.07. The first-order chi connectivity index (χ1) is 14.1. The summed E-state index contributed by atoms with van der Waals surface area (Å²) < 4.78 is 42.4. The maximum Gasteiger partial charge on any atom is 0.435 e. The second-order valence-corrected chi connectivity index (χ2v) is 8.04. The monoisotopic (exact) mass is 433 g/mol. The molecule has 1 aromatic carbocycles. The zero-order valence-electron chi connectivity index (χ0n) is 16.4. The zero-order chi connectivity index (χ0) is 21.6. The van der Waals surface area contributed by atoms with Crippen molar-refractivity contribution >= 4 is 33.3 Å². The number of anilines is 1. The van der Waals surface area contributed by atoms with Gasteiger partial charge in [-0.1, -0.05) is 24.3 Å². The van der Waals surface area contributed by atoms with Crippen molar-refractivity contribution in [2.24, 2.45) is 7.05 Å². The molecule has 3 aromatic heterocycles. The van der Waals surface area contributed by atoms with Gasteiger partial charge in [0, 0.05) is 24.2 Å². The Morgan fingerprint density at radius 3 is 2.60 bits per heavy atom. The van der Waals surface area contributed by atoms with Crippen molar-refractivity contribution in [3.8, 4) is 0 Å². The van der Waals surface area contributed by atoms with E-state index in [2.05, 4.69) is 15.5 Å². The Balaban J connectivity index is 1.57. The van der Waals surface area contributed by atoms with E-state index in [0.717, 1.165) is 32.8 Å². The molecule has 4 aromatic rings. The number of carbonyl (C=O) groups is 1. The molecule has 0 radical (unpaired) electrons. The molecule has 30 heavy (non-hydrogen) atoms. The van der Waals surface area contributed by atoms with Crippen molar-refractivity contribution in [1.82, 2.24) is 19.6 Å². The Morgan fingerprint density at radius 2 is 1.90 bits per heavy atom. The van der Waals surface area contributed by atoms with Crippen LogP contribution in [-0.4, -0.2) is 25.5 Å². The zero-order valence-corrected chi connectivity index (χ0v) is 17.2.